The summed E-state index contributed by atoms with van der Waals surface area (Å²) >= 11 is 3.43. The van der Waals surface area contributed by atoms with Gasteiger partial charge in [0, 0.05) is 24.2 Å². The van der Waals surface area contributed by atoms with Crippen LogP contribution in [0.5, 0.6) is 0 Å². The molecule has 12 heavy (non-hydrogen) atoms. The molecule has 0 radical (unpaired) electrons. The number of aryl methyl sites for hydroxylation is 1. The third-order valence-corrected chi connectivity index (χ3v) is 2.78. The van der Waals surface area contributed by atoms with Crippen LogP contribution in [0.4, 0.5) is 0 Å². The summed E-state index contributed by atoms with van der Waals surface area (Å²) < 4.78 is 8.34. The Kier molecular flexibility index (Phi) is 2.19. The minimum absolute atomic E-state index is 0.704. The van der Waals surface area contributed by atoms with E-state index in [1.807, 2.05) is 4.68 Å². The lowest BCUT2D eigenvalue weighted by Crippen LogP contribution is -2.13. The lowest BCUT2D eigenvalue weighted by atomic mass is 10.2. The van der Waals surface area contributed by atoms with Crippen LogP contribution >= 0.6 is 15.9 Å². The highest BCUT2D eigenvalue weighted by atomic mass is 79.9. The summed E-state index contributed by atoms with van der Waals surface area (Å²) in [5.41, 5.74) is 2.55. The maximum absolute atomic E-state index is 5.35. The fourth-order valence-electron chi connectivity index (χ4n) is 1.53. The monoisotopic (exact) mass is 230 g/mol. The van der Waals surface area contributed by atoms with Crippen LogP contribution in [0.25, 0.3) is 0 Å². The van der Waals surface area contributed by atoms with Gasteiger partial charge in [0.05, 0.1) is 13.2 Å². The van der Waals surface area contributed by atoms with Gasteiger partial charge in [0.15, 0.2) is 0 Å². The number of fused-ring (bicyclic) bond motifs is 1. The van der Waals surface area contributed by atoms with Crippen molar-refractivity contribution in [1.82, 2.24) is 9.78 Å². The van der Waals surface area contributed by atoms with E-state index in [0.717, 1.165) is 24.2 Å². The Morgan fingerprint density at radius 2 is 2.50 bits per heavy atom. The van der Waals surface area contributed by atoms with Crippen LogP contribution in [-0.4, -0.2) is 16.4 Å². The summed E-state index contributed by atoms with van der Waals surface area (Å²) in [6.07, 6.45) is 0.988. The zero-order chi connectivity index (χ0) is 8.55. The van der Waals surface area contributed by atoms with Gasteiger partial charge in [-0.2, -0.15) is 5.10 Å². The number of hydrogen-bond acceptors (Lipinski definition) is 2. The first-order chi connectivity index (χ1) is 5.83. The summed E-state index contributed by atoms with van der Waals surface area (Å²) in [5, 5.41) is 4.36. The zero-order valence-corrected chi connectivity index (χ0v) is 8.60. The number of ether oxygens (including phenoxy) is 1. The van der Waals surface area contributed by atoms with Crippen molar-refractivity contribution in [1.29, 1.82) is 0 Å². The van der Waals surface area contributed by atoms with Crippen LogP contribution < -0.4 is 0 Å². The summed E-state index contributed by atoms with van der Waals surface area (Å²) in [5.74, 6) is 0. The van der Waals surface area contributed by atoms with E-state index in [2.05, 4.69) is 28.0 Å². The topological polar surface area (TPSA) is 27.1 Å². The lowest BCUT2D eigenvalue weighted by molar-refractivity contribution is 0.108. The smallest absolute Gasteiger partial charge is 0.133 e. The van der Waals surface area contributed by atoms with Crippen LogP contribution in [0.3, 0.4) is 0 Å². The molecule has 2 heterocycles. The molecule has 0 fully saturated rings. The standard InChI is InChI=1S/C8H11BrN2O/c1-2-11-7-3-4-12-5-6(7)8(9)10-11/h2-5H2,1H3. The second-order valence-electron chi connectivity index (χ2n) is 2.83. The van der Waals surface area contributed by atoms with E-state index in [1.54, 1.807) is 0 Å². The molecule has 1 aliphatic rings. The highest BCUT2D eigenvalue weighted by Gasteiger charge is 2.18. The van der Waals surface area contributed by atoms with E-state index in [9.17, 15) is 0 Å². The molecule has 0 spiro atoms. The van der Waals surface area contributed by atoms with Gasteiger partial charge in [-0.1, -0.05) is 0 Å². The fraction of sp³-hybridized carbons (Fsp3) is 0.625. The highest BCUT2D eigenvalue weighted by Crippen LogP contribution is 2.24. The molecule has 0 amide bonds. The van der Waals surface area contributed by atoms with Crippen LogP contribution in [0.1, 0.15) is 18.2 Å². The quantitative estimate of drug-likeness (QED) is 0.736. The third-order valence-electron chi connectivity index (χ3n) is 2.15. The molecule has 0 bridgehead atoms. The van der Waals surface area contributed by atoms with Crippen molar-refractivity contribution in [2.45, 2.75) is 26.5 Å². The van der Waals surface area contributed by atoms with Gasteiger partial charge < -0.3 is 4.74 Å². The number of nitrogens with zero attached hydrogens (tertiary/aromatic N) is 2. The van der Waals surface area contributed by atoms with Gasteiger partial charge >= 0.3 is 0 Å². The fourth-order valence-corrected chi connectivity index (χ4v) is 2.06. The normalized spacial score (nSPS) is 16.2. The Labute approximate surface area is 79.8 Å². The van der Waals surface area contributed by atoms with Gasteiger partial charge in [-0.25, -0.2) is 0 Å². The van der Waals surface area contributed by atoms with Crippen LogP contribution in [0.15, 0.2) is 4.60 Å². The average molecular weight is 231 g/mol. The van der Waals surface area contributed by atoms with Gasteiger partial charge in [-0.3, -0.25) is 4.68 Å². The Bertz CT molecular complexity index is 295. The van der Waals surface area contributed by atoms with E-state index >= 15 is 0 Å². The predicted molar refractivity (Wildman–Crippen MR) is 49.0 cm³/mol. The first-order valence-corrected chi connectivity index (χ1v) is 4.94. The summed E-state index contributed by atoms with van der Waals surface area (Å²) in [7, 11) is 0. The van der Waals surface area contributed by atoms with Crippen molar-refractivity contribution in [3.8, 4) is 0 Å². The molecule has 4 heteroatoms. The summed E-state index contributed by atoms with van der Waals surface area (Å²) in [6, 6.07) is 0. The van der Waals surface area contributed by atoms with Crippen molar-refractivity contribution in [3.63, 3.8) is 0 Å². The predicted octanol–water partition coefficient (Wildman–Crippen LogP) is 1.74. The van der Waals surface area contributed by atoms with Gasteiger partial charge in [0.1, 0.15) is 4.60 Å². The number of halogens is 1. The van der Waals surface area contributed by atoms with Gasteiger partial charge in [-0.15, -0.1) is 0 Å². The molecule has 0 atom stereocenters. The van der Waals surface area contributed by atoms with Crippen LogP contribution in [0, 0.1) is 0 Å². The van der Waals surface area contributed by atoms with Crippen molar-refractivity contribution >= 4 is 15.9 Å². The number of hydrogen-bond donors (Lipinski definition) is 0. The lowest BCUT2D eigenvalue weighted by Gasteiger charge is -2.13. The summed E-state index contributed by atoms with van der Waals surface area (Å²) in [4.78, 5) is 0. The van der Waals surface area contributed by atoms with Gasteiger partial charge in [0.2, 0.25) is 0 Å². The zero-order valence-electron chi connectivity index (χ0n) is 7.01. The molecule has 1 aliphatic heterocycles. The van der Waals surface area contributed by atoms with E-state index < -0.39 is 0 Å². The molecule has 0 N–H and O–H groups in total. The summed E-state index contributed by atoms with van der Waals surface area (Å²) in [6.45, 7) is 4.57. The first-order valence-electron chi connectivity index (χ1n) is 4.14. The van der Waals surface area contributed by atoms with E-state index in [0.29, 0.717) is 6.61 Å². The van der Waals surface area contributed by atoms with Crippen molar-refractivity contribution in [3.05, 3.63) is 15.9 Å². The molecule has 2 rings (SSSR count). The maximum Gasteiger partial charge on any atom is 0.133 e. The van der Waals surface area contributed by atoms with E-state index in [4.69, 9.17) is 4.74 Å². The average Bonchev–Trinajstić information content (AvgIpc) is 2.44. The third kappa shape index (κ3) is 1.19. The minimum Gasteiger partial charge on any atom is -0.376 e. The van der Waals surface area contributed by atoms with Gasteiger partial charge in [0.25, 0.3) is 0 Å². The Hall–Kier alpha value is -0.350. The number of rotatable bonds is 1. The molecule has 1 aromatic heterocycles. The molecule has 0 aliphatic carbocycles. The van der Waals surface area contributed by atoms with E-state index in [1.165, 1.54) is 11.3 Å². The molecule has 3 nitrogen and oxygen atoms in total. The van der Waals surface area contributed by atoms with Crippen molar-refractivity contribution < 1.29 is 4.74 Å². The SMILES string of the molecule is CCn1nc(Br)c2c1CCOC2. The van der Waals surface area contributed by atoms with Crippen LogP contribution in [-0.2, 0) is 24.3 Å². The molecule has 0 aromatic carbocycles. The second kappa shape index (κ2) is 3.18. The highest BCUT2D eigenvalue weighted by molar-refractivity contribution is 9.10. The Morgan fingerprint density at radius 1 is 1.67 bits per heavy atom. The Balaban J connectivity index is 2.47. The second-order valence-corrected chi connectivity index (χ2v) is 3.59. The van der Waals surface area contributed by atoms with Crippen molar-refractivity contribution in [2.75, 3.05) is 6.61 Å². The largest absolute Gasteiger partial charge is 0.376 e. The molecule has 0 unspecified atom stereocenters. The molecule has 0 saturated heterocycles. The van der Waals surface area contributed by atoms with E-state index in [-0.39, 0.29) is 0 Å². The molecular formula is C8H11BrN2O. The van der Waals surface area contributed by atoms with Gasteiger partial charge in [-0.05, 0) is 22.9 Å². The Morgan fingerprint density at radius 3 is 3.25 bits per heavy atom. The molecule has 66 valence electrons. The maximum atomic E-state index is 5.35. The number of aromatic nitrogens is 2. The van der Waals surface area contributed by atoms with Crippen LogP contribution in [0.2, 0.25) is 0 Å². The molecule has 0 saturated carbocycles. The molecular weight excluding hydrogens is 220 g/mol. The first kappa shape index (κ1) is 8.26. The van der Waals surface area contributed by atoms with Crippen molar-refractivity contribution in [2.24, 2.45) is 0 Å². The molecule has 1 aromatic rings. The minimum atomic E-state index is 0.704.